The van der Waals surface area contributed by atoms with Gasteiger partial charge in [-0.15, -0.1) is 0 Å². The van der Waals surface area contributed by atoms with Gasteiger partial charge in [0.1, 0.15) is 0 Å². The van der Waals surface area contributed by atoms with Gasteiger partial charge in [0, 0.05) is 14.1 Å². The molecule has 0 heterocycles. The summed E-state index contributed by atoms with van der Waals surface area (Å²) in [6.45, 7) is 2.05. The molecule has 0 aromatic heterocycles. The molecule has 0 aliphatic carbocycles. The number of rotatable bonds is 3. The molecule has 1 N–H and O–H groups in total. The van der Waals surface area contributed by atoms with Crippen LogP contribution in [0.2, 0.25) is 0 Å². The lowest BCUT2D eigenvalue weighted by atomic mass is 10.1. The van der Waals surface area contributed by atoms with Crippen molar-refractivity contribution in [2.45, 2.75) is 13.3 Å². The van der Waals surface area contributed by atoms with Gasteiger partial charge in [0.15, 0.2) is 0 Å². The molecule has 0 saturated carbocycles. The molecule has 0 bridgehead atoms. The van der Waals surface area contributed by atoms with Crippen LogP contribution < -0.4 is 4.90 Å². The molecule has 76 valence electrons. The number of hydrogen-bond donors (Lipinski definition) is 1. The highest BCUT2D eigenvalue weighted by molar-refractivity contribution is 5.94. The number of carboxylic acid groups (broad SMARTS) is 1. The average molecular weight is 193 g/mol. The molecule has 3 heteroatoms. The molecule has 1 aromatic carbocycles. The van der Waals surface area contributed by atoms with Gasteiger partial charge in [0.05, 0.1) is 11.3 Å². The van der Waals surface area contributed by atoms with Gasteiger partial charge in [-0.2, -0.15) is 0 Å². The summed E-state index contributed by atoms with van der Waals surface area (Å²) >= 11 is 0. The molecular weight excluding hydrogens is 178 g/mol. The van der Waals surface area contributed by atoms with E-state index in [0.717, 1.165) is 17.7 Å². The maximum Gasteiger partial charge on any atom is 0.337 e. The third-order valence-electron chi connectivity index (χ3n) is 2.18. The van der Waals surface area contributed by atoms with E-state index in [1.807, 2.05) is 31.1 Å². The molecule has 1 aromatic rings. The first-order chi connectivity index (χ1) is 6.56. The summed E-state index contributed by atoms with van der Waals surface area (Å²) in [6, 6.07) is 5.44. The maximum atomic E-state index is 10.9. The van der Waals surface area contributed by atoms with Gasteiger partial charge in [-0.3, -0.25) is 0 Å². The molecule has 0 spiro atoms. The highest BCUT2D eigenvalue weighted by Gasteiger charge is 2.11. The summed E-state index contributed by atoms with van der Waals surface area (Å²) in [5.74, 6) is -0.878. The zero-order valence-electron chi connectivity index (χ0n) is 8.74. The van der Waals surface area contributed by atoms with Crippen LogP contribution in [0.3, 0.4) is 0 Å². The monoisotopic (exact) mass is 193 g/mol. The minimum absolute atomic E-state index is 0.354. The van der Waals surface area contributed by atoms with Crippen LogP contribution in [0.15, 0.2) is 18.2 Å². The van der Waals surface area contributed by atoms with Crippen LogP contribution in [0, 0.1) is 0 Å². The topological polar surface area (TPSA) is 40.5 Å². The summed E-state index contributed by atoms with van der Waals surface area (Å²) in [7, 11) is 3.70. The second-order valence-corrected chi connectivity index (χ2v) is 3.40. The van der Waals surface area contributed by atoms with Crippen molar-refractivity contribution in [1.82, 2.24) is 0 Å². The summed E-state index contributed by atoms with van der Waals surface area (Å²) in [5, 5.41) is 8.95. The number of carbonyl (C=O) groups is 1. The number of anilines is 1. The predicted molar refractivity (Wildman–Crippen MR) is 57.1 cm³/mol. The van der Waals surface area contributed by atoms with E-state index in [9.17, 15) is 4.79 Å². The first kappa shape index (κ1) is 10.6. The lowest BCUT2D eigenvalue weighted by molar-refractivity contribution is 0.0697. The van der Waals surface area contributed by atoms with Gasteiger partial charge in [-0.25, -0.2) is 4.79 Å². The normalized spacial score (nSPS) is 9.93. The van der Waals surface area contributed by atoms with E-state index in [0.29, 0.717) is 5.56 Å². The van der Waals surface area contributed by atoms with Gasteiger partial charge >= 0.3 is 5.97 Å². The van der Waals surface area contributed by atoms with E-state index in [2.05, 4.69) is 6.92 Å². The van der Waals surface area contributed by atoms with Crippen LogP contribution in [0.25, 0.3) is 0 Å². The van der Waals surface area contributed by atoms with E-state index >= 15 is 0 Å². The van der Waals surface area contributed by atoms with Crippen molar-refractivity contribution in [3.05, 3.63) is 29.3 Å². The third kappa shape index (κ3) is 2.05. The van der Waals surface area contributed by atoms with E-state index in [4.69, 9.17) is 5.11 Å². The second-order valence-electron chi connectivity index (χ2n) is 3.40. The molecule has 0 aliphatic heterocycles. The molecule has 0 atom stereocenters. The van der Waals surface area contributed by atoms with Crippen molar-refractivity contribution in [3.8, 4) is 0 Å². The molecule has 0 radical (unpaired) electrons. The van der Waals surface area contributed by atoms with Gasteiger partial charge in [-0.1, -0.05) is 13.0 Å². The fourth-order valence-corrected chi connectivity index (χ4v) is 1.35. The highest BCUT2D eigenvalue weighted by atomic mass is 16.4. The Hall–Kier alpha value is -1.51. The average Bonchev–Trinajstić information content (AvgIpc) is 2.16. The van der Waals surface area contributed by atoms with Gasteiger partial charge < -0.3 is 10.0 Å². The summed E-state index contributed by atoms with van der Waals surface area (Å²) < 4.78 is 0. The number of carboxylic acids is 1. The zero-order valence-corrected chi connectivity index (χ0v) is 8.74. The molecule has 0 unspecified atom stereocenters. The maximum absolute atomic E-state index is 10.9. The molecular formula is C11H15NO2. The third-order valence-corrected chi connectivity index (χ3v) is 2.18. The van der Waals surface area contributed by atoms with E-state index in [-0.39, 0.29) is 0 Å². The first-order valence-corrected chi connectivity index (χ1v) is 4.59. The SMILES string of the molecule is CCc1ccc(C(=O)O)c(N(C)C)c1. The second kappa shape index (κ2) is 4.13. The van der Waals surface area contributed by atoms with E-state index in [1.165, 1.54) is 0 Å². The summed E-state index contributed by atoms with van der Waals surface area (Å²) in [6.07, 6.45) is 0.917. The molecule has 14 heavy (non-hydrogen) atoms. The molecule has 0 aliphatic rings. The van der Waals surface area contributed by atoms with Crippen molar-refractivity contribution in [3.63, 3.8) is 0 Å². The van der Waals surface area contributed by atoms with Crippen LogP contribution in [0.1, 0.15) is 22.8 Å². The zero-order chi connectivity index (χ0) is 10.7. The first-order valence-electron chi connectivity index (χ1n) is 4.59. The van der Waals surface area contributed by atoms with Crippen molar-refractivity contribution in [2.24, 2.45) is 0 Å². The number of aromatic carboxylic acids is 1. The van der Waals surface area contributed by atoms with Crippen LogP contribution in [0.5, 0.6) is 0 Å². The van der Waals surface area contributed by atoms with Crippen molar-refractivity contribution in [2.75, 3.05) is 19.0 Å². The van der Waals surface area contributed by atoms with Gasteiger partial charge in [0.2, 0.25) is 0 Å². The van der Waals surface area contributed by atoms with Crippen molar-refractivity contribution in [1.29, 1.82) is 0 Å². The lowest BCUT2D eigenvalue weighted by Crippen LogP contribution is -2.14. The molecule has 0 amide bonds. The van der Waals surface area contributed by atoms with Gasteiger partial charge in [-0.05, 0) is 24.1 Å². The smallest absolute Gasteiger partial charge is 0.337 e. The molecule has 0 fully saturated rings. The van der Waals surface area contributed by atoms with Crippen LogP contribution in [-0.4, -0.2) is 25.2 Å². The lowest BCUT2D eigenvalue weighted by Gasteiger charge is -2.16. The van der Waals surface area contributed by atoms with Crippen LogP contribution in [-0.2, 0) is 6.42 Å². The van der Waals surface area contributed by atoms with Crippen LogP contribution >= 0.6 is 0 Å². The summed E-state index contributed by atoms with van der Waals surface area (Å²) in [4.78, 5) is 12.7. The Morgan fingerprint density at radius 3 is 2.50 bits per heavy atom. The molecule has 3 nitrogen and oxygen atoms in total. The number of hydrogen-bond acceptors (Lipinski definition) is 2. The number of aryl methyl sites for hydroxylation is 1. The van der Waals surface area contributed by atoms with Crippen molar-refractivity contribution < 1.29 is 9.90 Å². The predicted octanol–water partition coefficient (Wildman–Crippen LogP) is 2.01. The Balaban J connectivity index is 3.24. The largest absolute Gasteiger partial charge is 0.478 e. The quantitative estimate of drug-likeness (QED) is 0.798. The Bertz CT molecular complexity index is 345. The standard InChI is InChI=1S/C11H15NO2/c1-4-8-5-6-9(11(13)14)10(7-8)12(2)3/h5-7H,4H2,1-3H3,(H,13,14). The van der Waals surface area contributed by atoms with Gasteiger partial charge in [0.25, 0.3) is 0 Å². The van der Waals surface area contributed by atoms with E-state index < -0.39 is 5.97 Å². The van der Waals surface area contributed by atoms with E-state index in [1.54, 1.807) is 6.07 Å². The Morgan fingerprint density at radius 1 is 1.43 bits per heavy atom. The highest BCUT2D eigenvalue weighted by Crippen LogP contribution is 2.20. The minimum atomic E-state index is -0.878. The summed E-state index contributed by atoms with van der Waals surface area (Å²) in [5.41, 5.74) is 2.27. The Labute approximate surface area is 84.0 Å². The fourth-order valence-electron chi connectivity index (χ4n) is 1.35. The Morgan fingerprint density at radius 2 is 2.07 bits per heavy atom. The number of benzene rings is 1. The number of nitrogens with zero attached hydrogens (tertiary/aromatic N) is 1. The Kier molecular flexibility index (Phi) is 3.12. The fraction of sp³-hybridized carbons (Fsp3) is 0.364. The van der Waals surface area contributed by atoms with Crippen molar-refractivity contribution >= 4 is 11.7 Å². The minimum Gasteiger partial charge on any atom is -0.478 e. The molecule has 1 rings (SSSR count). The van der Waals surface area contributed by atoms with Crippen LogP contribution in [0.4, 0.5) is 5.69 Å². The molecule has 0 saturated heterocycles.